The van der Waals surface area contributed by atoms with Gasteiger partial charge in [0.1, 0.15) is 17.3 Å². The second-order valence-corrected chi connectivity index (χ2v) is 14.5. The number of carbonyl (C=O) groups excluding carboxylic acids is 4. The highest BCUT2D eigenvalue weighted by atomic mass is 19.4. The van der Waals surface area contributed by atoms with Crippen LogP contribution in [-0.4, -0.2) is 69.4 Å². The number of amides is 4. The molecule has 3 aliphatic rings. The van der Waals surface area contributed by atoms with Crippen LogP contribution in [0.1, 0.15) is 100 Å². The second-order valence-electron chi connectivity index (χ2n) is 14.5. The Balaban J connectivity index is 1.31. The Kier molecular flexibility index (Phi) is 9.85. The Morgan fingerprint density at radius 1 is 0.979 bits per heavy atom. The zero-order valence-electron chi connectivity index (χ0n) is 28.2. The highest BCUT2D eigenvalue weighted by molar-refractivity contribution is 6.01. The van der Waals surface area contributed by atoms with E-state index in [2.05, 4.69) is 15.7 Å². The first kappa shape index (κ1) is 35.2. The van der Waals surface area contributed by atoms with Gasteiger partial charge >= 0.3 is 12.3 Å². The maximum atomic E-state index is 13.9. The van der Waals surface area contributed by atoms with Crippen molar-refractivity contribution in [3.8, 4) is 0 Å². The molecule has 1 unspecified atom stereocenters. The summed E-state index contributed by atoms with van der Waals surface area (Å²) in [6.07, 6.45) is 0.0517. The second kappa shape index (κ2) is 13.4. The number of halogens is 3. The lowest BCUT2D eigenvalue weighted by Gasteiger charge is -2.31. The van der Waals surface area contributed by atoms with Gasteiger partial charge in [-0.05, 0) is 120 Å². The molecule has 14 heteroatoms. The molecule has 0 saturated heterocycles. The Morgan fingerprint density at radius 3 is 2.19 bits per heavy atom. The van der Waals surface area contributed by atoms with Crippen LogP contribution in [0.15, 0.2) is 30.5 Å². The van der Waals surface area contributed by atoms with Crippen LogP contribution < -0.4 is 16.0 Å². The van der Waals surface area contributed by atoms with E-state index in [0.717, 1.165) is 36.1 Å². The van der Waals surface area contributed by atoms with E-state index in [9.17, 15) is 32.3 Å². The van der Waals surface area contributed by atoms with Crippen LogP contribution in [0.2, 0.25) is 0 Å². The van der Waals surface area contributed by atoms with E-state index in [-0.39, 0.29) is 23.8 Å². The summed E-state index contributed by atoms with van der Waals surface area (Å²) in [4.78, 5) is 53.6. The van der Waals surface area contributed by atoms with Crippen LogP contribution in [0.25, 0.3) is 0 Å². The molecule has 0 bridgehead atoms. The highest BCUT2D eigenvalue weighted by Crippen LogP contribution is 2.51. The van der Waals surface area contributed by atoms with Gasteiger partial charge in [0.15, 0.2) is 0 Å². The molecule has 0 radical (unpaired) electrons. The lowest BCUT2D eigenvalue weighted by Crippen LogP contribution is -2.56. The summed E-state index contributed by atoms with van der Waals surface area (Å²) in [6, 6.07) is 2.51. The number of fused-ring (bicyclic) bond motifs is 1. The first-order valence-corrected chi connectivity index (χ1v) is 16.6. The number of aryl methyl sites for hydroxylation is 1. The van der Waals surface area contributed by atoms with Gasteiger partial charge in [-0.1, -0.05) is 6.07 Å². The summed E-state index contributed by atoms with van der Waals surface area (Å²) >= 11 is 0. The zero-order chi connectivity index (χ0) is 35.1. The van der Waals surface area contributed by atoms with E-state index in [0.29, 0.717) is 41.6 Å². The molecule has 3 aliphatic carbocycles. The van der Waals surface area contributed by atoms with E-state index < -0.39 is 41.9 Å². The van der Waals surface area contributed by atoms with Crippen molar-refractivity contribution in [2.45, 2.75) is 109 Å². The van der Waals surface area contributed by atoms with Crippen molar-refractivity contribution < 1.29 is 37.1 Å². The van der Waals surface area contributed by atoms with Crippen LogP contribution >= 0.6 is 0 Å². The van der Waals surface area contributed by atoms with Crippen molar-refractivity contribution in [3.63, 3.8) is 0 Å². The molecule has 3 atom stereocenters. The van der Waals surface area contributed by atoms with Crippen LogP contribution in [0.5, 0.6) is 0 Å². The number of alkyl carbamates (subject to hydrolysis) is 1. The quantitative estimate of drug-likeness (QED) is 0.287. The number of hydrogen-bond donors (Lipinski definition) is 3. The summed E-state index contributed by atoms with van der Waals surface area (Å²) < 4.78 is 48.4. The fraction of sp³-hybridized carbons (Fsp3) is 0.618. The van der Waals surface area contributed by atoms with Crippen molar-refractivity contribution >= 4 is 29.5 Å². The lowest BCUT2D eigenvalue weighted by molar-refractivity contribution is -0.175. The predicted molar refractivity (Wildman–Crippen MR) is 171 cm³/mol. The molecule has 1 heterocycles. The highest BCUT2D eigenvalue weighted by Gasteiger charge is 2.50. The molecule has 11 nitrogen and oxygen atoms in total. The molecule has 2 saturated carbocycles. The fourth-order valence-electron chi connectivity index (χ4n) is 6.71. The minimum atomic E-state index is -5.04. The Labute approximate surface area is 278 Å². The van der Waals surface area contributed by atoms with E-state index in [1.807, 2.05) is 13.8 Å². The third-order valence-corrected chi connectivity index (χ3v) is 9.19. The number of hydrogen-bond acceptors (Lipinski definition) is 6. The number of nitrogens with zero attached hydrogens (tertiary/aromatic N) is 3. The molecule has 0 spiro atoms. The molecule has 48 heavy (non-hydrogen) atoms. The number of anilines is 1. The summed E-state index contributed by atoms with van der Waals surface area (Å²) in [5.41, 5.74) is 1.26. The number of likely N-dealkylation sites (N-methyl/N-ethyl adjacent to an activating group) is 1. The first-order valence-electron chi connectivity index (χ1n) is 16.6. The van der Waals surface area contributed by atoms with Crippen LogP contribution in [0, 0.1) is 17.8 Å². The van der Waals surface area contributed by atoms with Gasteiger partial charge < -0.3 is 25.6 Å². The SMILES string of the molecule is CC(C)n1nccc1C(=O)N[C@H](C(=O)Nc1ccc2c(c1)CC[C@H]2N(C)C(=O)C(NC(=O)OC(C)(C)C)C(F)(F)F)C(C1CC1)C1CC1. The minimum absolute atomic E-state index is 0.0127. The maximum Gasteiger partial charge on any atom is 0.417 e. The minimum Gasteiger partial charge on any atom is -0.444 e. The number of benzene rings is 1. The molecular formula is C34H45F3N6O5. The van der Waals surface area contributed by atoms with Gasteiger partial charge in [0.25, 0.3) is 11.8 Å². The predicted octanol–water partition coefficient (Wildman–Crippen LogP) is 5.54. The summed E-state index contributed by atoms with van der Waals surface area (Å²) in [5.74, 6) is -1.27. The van der Waals surface area contributed by atoms with Crippen LogP contribution in [-0.2, 0) is 20.7 Å². The largest absolute Gasteiger partial charge is 0.444 e. The van der Waals surface area contributed by atoms with Crippen molar-refractivity contribution in [1.29, 1.82) is 0 Å². The maximum absolute atomic E-state index is 13.9. The third kappa shape index (κ3) is 8.12. The Morgan fingerprint density at radius 2 is 1.62 bits per heavy atom. The number of alkyl halides is 3. The van der Waals surface area contributed by atoms with Crippen LogP contribution in [0.4, 0.5) is 23.7 Å². The third-order valence-electron chi connectivity index (χ3n) is 9.19. The Bertz CT molecular complexity index is 1530. The van der Waals surface area contributed by atoms with Crippen LogP contribution in [0.3, 0.4) is 0 Å². The lowest BCUT2D eigenvalue weighted by atomic mass is 9.88. The molecule has 5 rings (SSSR count). The van der Waals surface area contributed by atoms with Gasteiger partial charge in [0.2, 0.25) is 11.9 Å². The normalized spacial score (nSPS) is 19.0. The average Bonchev–Trinajstić information content (AvgIpc) is 3.91. The molecule has 4 amide bonds. The molecule has 2 aromatic rings. The van der Waals surface area contributed by atoms with Gasteiger partial charge in [-0.25, -0.2) is 4.79 Å². The van der Waals surface area contributed by atoms with Gasteiger partial charge in [-0.3, -0.25) is 19.1 Å². The topological polar surface area (TPSA) is 135 Å². The Hall–Kier alpha value is -4.10. The molecule has 1 aromatic carbocycles. The molecule has 2 fully saturated rings. The number of aromatic nitrogens is 2. The van der Waals surface area contributed by atoms with Crippen molar-refractivity contribution in [2.75, 3.05) is 12.4 Å². The molecule has 0 aliphatic heterocycles. The fourth-order valence-corrected chi connectivity index (χ4v) is 6.71. The smallest absolute Gasteiger partial charge is 0.417 e. The first-order chi connectivity index (χ1) is 22.4. The van der Waals surface area contributed by atoms with Gasteiger partial charge in [0.05, 0.1) is 6.04 Å². The molecule has 262 valence electrons. The van der Waals surface area contributed by atoms with E-state index in [1.165, 1.54) is 27.8 Å². The summed E-state index contributed by atoms with van der Waals surface area (Å²) in [6.45, 7) is 8.37. The van der Waals surface area contributed by atoms with Gasteiger partial charge in [0, 0.05) is 25.0 Å². The van der Waals surface area contributed by atoms with Crippen molar-refractivity contribution in [2.24, 2.45) is 17.8 Å². The van der Waals surface area contributed by atoms with Crippen molar-refractivity contribution in [1.82, 2.24) is 25.3 Å². The average molecular weight is 675 g/mol. The van der Waals surface area contributed by atoms with Gasteiger partial charge in [-0.2, -0.15) is 18.3 Å². The number of rotatable bonds is 11. The standard InChI is InChI=1S/C34H45F3N6O5/c1-18(2)43-25(15-16-38-43)29(44)40-27(26(19-7-8-19)20-9-10-20)30(45)39-22-12-13-23-21(17-22)11-14-24(23)42(6)31(46)28(34(35,36)37)41-32(47)48-33(3,4)5/h12-13,15-20,24,26-28H,7-11,14H2,1-6H3,(H,39,45)(H,40,44)(H,41,47)/t24-,27+,28?/m1/s1. The van der Waals surface area contributed by atoms with E-state index in [4.69, 9.17) is 4.74 Å². The summed E-state index contributed by atoms with van der Waals surface area (Å²) in [7, 11) is 1.28. The van der Waals surface area contributed by atoms with Gasteiger partial charge in [-0.15, -0.1) is 0 Å². The molecule has 3 N–H and O–H groups in total. The summed E-state index contributed by atoms with van der Waals surface area (Å²) in [5, 5.41) is 12.0. The van der Waals surface area contributed by atoms with E-state index >= 15 is 0 Å². The number of ether oxygens (including phenoxy) is 1. The molecule has 1 aromatic heterocycles. The number of carbonyl (C=O) groups is 4. The molecular weight excluding hydrogens is 629 g/mol. The van der Waals surface area contributed by atoms with E-state index in [1.54, 1.807) is 40.5 Å². The van der Waals surface area contributed by atoms with Crippen molar-refractivity contribution in [3.05, 3.63) is 47.3 Å². The number of nitrogens with one attached hydrogen (secondary N) is 3. The monoisotopic (exact) mass is 674 g/mol. The zero-order valence-corrected chi connectivity index (χ0v) is 28.2.